The van der Waals surface area contributed by atoms with Gasteiger partial charge in [-0.1, -0.05) is 11.6 Å². The van der Waals surface area contributed by atoms with Gasteiger partial charge in [-0.15, -0.1) is 0 Å². The predicted molar refractivity (Wildman–Crippen MR) is 86.0 cm³/mol. The molecule has 0 radical (unpaired) electrons. The van der Waals surface area contributed by atoms with Gasteiger partial charge in [-0.3, -0.25) is 9.48 Å². The number of rotatable bonds is 4. The number of benzene rings is 1. The van der Waals surface area contributed by atoms with Crippen LogP contribution in [0.2, 0.25) is 5.02 Å². The Hall–Kier alpha value is -1.85. The van der Waals surface area contributed by atoms with Crippen molar-refractivity contribution >= 4 is 17.5 Å². The van der Waals surface area contributed by atoms with Gasteiger partial charge in [0.1, 0.15) is 5.60 Å². The van der Waals surface area contributed by atoms with E-state index in [1.165, 1.54) is 0 Å². The average molecular weight is 322 g/mol. The van der Waals surface area contributed by atoms with Gasteiger partial charge in [0.15, 0.2) is 0 Å². The van der Waals surface area contributed by atoms with Gasteiger partial charge < -0.3 is 10.4 Å². The topological polar surface area (TPSA) is 67.2 Å². The third-order valence-electron chi connectivity index (χ3n) is 3.75. The summed E-state index contributed by atoms with van der Waals surface area (Å²) in [6.07, 6.45) is 3.30. The zero-order valence-electron chi connectivity index (χ0n) is 13.1. The maximum atomic E-state index is 12.3. The van der Waals surface area contributed by atoms with E-state index >= 15 is 0 Å². The minimum Gasteiger partial charge on any atom is -0.383 e. The van der Waals surface area contributed by atoms with Gasteiger partial charge in [0, 0.05) is 18.8 Å². The minimum absolute atomic E-state index is 0.0702. The van der Waals surface area contributed by atoms with Crippen LogP contribution in [-0.2, 0) is 12.6 Å². The monoisotopic (exact) mass is 321 g/mol. The van der Waals surface area contributed by atoms with E-state index in [2.05, 4.69) is 10.4 Å². The zero-order valence-corrected chi connectivity index (χ0v) is 13.9. The molecule has 2 rings (SSSR count). The lowest BCUT2D eigenvalue weighted by molar-refractivity contribution is 0.0526. The van der Waals surface area contributed by atoms with E-state index < -0.39 is 5.60 Å². The smallest absolute Gasteiger partial charge is 0.252 e. The zero-order chi connectivity index (χ0) is 16.5. The van der Waals surface area contributed by atoms with Crippen LogP contribution in [0.15, 0.2) is 24.5 Å². The van der Waals surface area contributed by atoms with Crippen molar-refractivity contribution in [1.82, 2.24) is 15.1 Å². The summed E-state index contributed by atoms with van der Waals surface area (Å²) in [7, 11) is 1.77. The molecule has 1 atom stereocenters. The maximum Gasteiger partial charge on any atom is 0.252 e. The second kappa shape index (κ2) is 6.10. The molecule has 22 heavy (non-hydrogen) atoms. The van der Waals surface area contributed by atoms with Crippen molar-refractivity contribution in [2.75, 3.05) is 6.54 Å². The summed E-state index contributed by atoms with van der Waals surface area (Å²) in [5.74, 6) is -0.308. The highest BCUT2D eigenvalue weighted by Crippen LogP contribution is 2.22. The third kappa shape index (κ3) is 3.48. The summed E-state index contributed by atoms with van der Waals surface area (Å²) in [4.78, 5) is 12.3. The van der Waals surface area contributed by atoms with E-state index in [-0.39, 0.29) is 12.5 Å². The van der Waals surface area contributed by atoms with Gasteiger partial charge in [-0.05, 0) is 44.0 Å². The van der Waals surface area contributed by atoms with Crippen molar-refractivity contribution in [3.8, 4) is 0 Å². The first-order chi connectivity index (χ1) is 10.2. The van der Waals surface area contributed by atoms with Crippen LogP contribution in [0.25, 0.3) is 0 Å². The number of amides is 1. The Morgan fingerprint density at radius 1 is 1.41 bits per heavy atom. The number of halogens is 1. The molecule has 118 valence electrons. The molecule has 5 nitrogen and oxygen atoms in total. The fourth-order valence-electron chi connectivity index (χ4n) is 2.10. The Labute approximate surface area is 134 Å². The van der Waals surface area contributed by atoms with E-state index in [4.69, 9.17) is 11.6 Å². The van der Waals surface area contributed by atoms with Crippen LogP contribution in [0.3, 0.4) is 0 Å². The predicted octanol–water partition coefficient (Wildman–Crippen LogP) is 2.33. The SMILES string of the molecule is Cc1cc(Cl)c(C(=O)NCC(C)(O)c2cnn(C)c2)cc1C. The highest BCUT2D eigenvalue weighted by atomic mass is 35.5. The molecule has 0 aliphatic heterocycles. The summed E-state index contributed by atoms with van der Waals surface area (Å²) in [6, 6.07) is 3.52. The number of aryl methyl sites for hydroxylation is 3. The lowest BCUT2D eigenvalue weighted by atomic mass is 9.99. The van der Waals surface area contributed by atoms with Crippen LogP contribution in [0.4, 0.5) is 0 Å². The Kier molecular flexibility index (Phi) is 4.58. The molecule has 0 fully saturated rings. The molecule has 0 bridgehead atoms. The molecule has 0 spiro atoms. The van der Waals surface area contributed by atoms with Crippen molar-refractivity contribution in [2.45, 2.75) is 26.4 Å². The van der Waals surface area contributed by atoms with Gasteiger partial charge in [-0.25, -0.2) is 0 Å². The Bertz CT molecular complexity index is 707. The van der Waals surface area contributed by atoms with E-state index in [1.54, 1.807) is 43.2 Å². The lowest BCUT2D eigenvalue weighted by Crippen LogP contribution is -2.38. The summed E-state index contributed by atoms with van der Waals surface area (Å²) < 4.78 is 1.60. The highest BCUT2D eigenvalue weighted by Gasteiger charge is 2.26. The summed E-state index contributed by atoms with van der Waals surface area (Å²) in [6.45, 7) is 5.57. The molecule has 1 unspecified atom stereocenters. The van der Waals surface area contributed by atoms with E-state index in [1.807, 2.05) is 13.8 Å². The van der Waals surface area contributed by atoms with Crippen LogP contribution in [0.1, 0.15) is 34.0 Å². The number of hydrogen-bond donors (Lipinski definition) is 2. The van der Waals surface area contributed by atoms with Gasteiger partial charge >= 0.3 is 0 Å². The fraction of sp³-hybridized carbons (Fsp3) is 0.375. The molecule has 1 aromatic carbocycles. The van der Waals surface area contributed by atoms with Crippen LogP contribution in [-0.4, -0.2) is 27.3 Å². The molecule has 2 N–H and O–H groups in total. The Morgan fingerprint density at radius 2 is 2.05 bits per heavy atom. The van der Waals surface area contributed by atoms with Gasteiger partial charge in [0.25, 0.3) is 5.91 Å². The standard InChI is InChI=1S/C16H20ClN3O2/c1-10-5-13(14(17)6-11(10)2)15(21)18-9-16(3,22)12-7-19-20(4)8-12/h5-8,22H,9H2,1-4H3,(H,18,21). The molecule has 2 aromatic rings. The molecule has 0 saturated carbocycles. The Morgan fingerprint density at radius 3 is 2.64 bits per heavy atom. The van der Waals surface area contributed by atoms with E-state index in [0.717, 1.165) is 11.1 Å². The molecule has 0 aliphatic rings. The molecule has 0 saturated heterocycles. The van der Waals surface area contributed by atoms with Crippen molar-refractivity contribution in [3.63, 3.8) is 0 Å². The first-order valence-corrected chi connectivity index (χ1v) is 7.35. The van der Waals surface area contributed by atoms with Crippen molar-refractivity contribution in [3.05, 3.63) is 51.8 Å². The molecule has 6 heteroatoms. The second-order valence-electron chi connectivity index (χ2n) is 5.78. The average Bonchev–Trinajstić information content (AvgIpc) is 2.88. The van der Waals surface area contributed by atoms with Crippen molar-refractivity contribution < 1.29 is 9.90 Å². The summed E-state index contributed by atoms with van der Waals surface area (Å²) in [5, 5.41) is 17.6. The number of aromatic nitrogens is 2. The van der Waals surface area contributed by atoms with Crippen molar-refractivity contribution in [1.29, 1.82) is 0 Å². The maximum absolute atomic E-state index is 12.3. The van der Waals surface area contributed by atoms with E-state index in [9.17, 15) is 9.90 Å². The fourth-order valence-corrected chi connectivity index (χ4v) is 2.41. The molecular formula is C16H20ClN3O2. The molecule has 1 heterocycles. The first-order valence-electron chi connectivity index (χ1n) is 6.97. The van der Waals surface area contributed by atoms with Gasteiger partial charge in [-0.2, -0.15) is 5.10 Å². The molecule has 1 aromatic heterocycles. The Balaban J connectivity index is 2.11. The van der Waals surface area contributed by atoms with Crippen LogP contribution in [0.5, 0.6) is 0 Å². The van der Waals surface area contributed by atoms with E-state index in [0.29, 0.717) is 16.1 Å². The molecular weight excluding hydrogens is 302 g/mol. The largest absolute Gasteiger partial charge is 0.383 e. The number of nitrogens with zero attached hydrogens (tertiary/aromatic N) is 2. The third-order valence-corrected chi connectivity index (χ3v) is 4.06. The number of aliphatic hydroxyl groups is 1. The van der Waals surface area contributed by atoms with Crippen LogP contribution >= 0.6 is 11.6 Å². The molecule has 0 aliphatic carbocycles. The highest BCUT2D eigenvalue weighted by molar-refractivity contribution is 6.34. The number of nitrogens with one attached hydrogen (secondary N) is 1. The lowest BCUT2D eigenvalue weighted by Gasteiger charge is -2.22. The summed E-state index contributed by atoms with van der Waals surface area (Å²) >= 11 is 6.13. The first kappa shape index (κ1) is 16.5. The quantitative estimate of drug-likeness (QED) is 0.908. The van der Waals surface area contributed by atoms with Gasteiger partial charge in [0.2, 0.25) is 0 Å². The minimum atomic E-state index is -1.20. The van der Waals surface area contributed by atoms with Crippen molar-refractivity contribution in [2.24, 2.45) is 7.05 Å². The summed E-state index contributed by atoms with van der Waals surface area (Å²) in [5.41, 5.74) is 1.88. The number of hydrogen-bond acceptors (Lipinski definition) is 3. The normalized spacial score (nSPS) is 13.7. The van der Waals surface area contributed by atoms with Gasteiger partial charge in [0.05, 0.1) is 23.3 Å². The number of carbonyl (C=O) groups is 1. The molecule has 1 amide bonds. The van der Waals surface area contributed by atoms with Crippen LogP contribution in [0, 0.1) is 13.8 Å². The second-order valence-corrected chi connectivity index (χ2v) is 6.18. The number of carbonyl (C=O) groups excluding carboxylic acids is 1. The van der Waals surface area contributed by atoms with Crippen LogP contribution < -0.4 is 5.32 Å².